The molecule has 2 aromatic heterocycles. The molecule has 0 unspecified atom stereocenters. The van der Waals surface area contributed by atoms with Gasteiger partial charge in [-0.05, 0) is 23.6 Å². The summed E-state index contributed by atoms with van der Waals surface area (Å²) in [7, 11) is 1.68. The number of hydrogen-bond donors (Lipinski definition) is 0. The van der Waals surface area contributed by atoms with Gasteiger partial charge in [0.1, 0.15) is 10.8 Å². The molecule has 0 radical (unpaired) electrons. The summed E-state index contributed by atoms with van der Waals surface area (Å²) in [6.45, 7) is 3.13. The number of hydrogen-bond acceptors (Lipinski definition) is 6. The van der Waals surface area contributed by atoms with E-state index in [0.29, 0.717) is 6.42 Å². The van der Waals surface area contributed by atoms with Gasteiger partial charge in [0.2, 0.25) is 5.91 Å². The van der Waals surface area contributed by atoms with Crippen molar-refractivity contribution in [2.45, 2.75) is 6.42 Å². The minimum atomic E-state index is 0.156. The van der Waals surface area contributed by atoms with Crippen LogP contribution in [0, 0.1) is 0 Å². The summed E-state index contributed by atoms with van der Waals surface area (Å²) in [6.07, 6.45) is 0.376. The zero-order chi connectivity index (χ0) is 18.6. The summed E-state index contributed by atoms with van der Waals surface area (Å²) < 4.78 is 5.30. The Morgan fingerprint density at radius 2 is 2.00 bits per heavy atom. The molecule has 5 nitrogen and oxygen atoms in total. The number of carbonyl (C=O) groups is 1. The Morgan fingerprint density at radius 3 is 2.74 bits per heavy atom. The van der Waals surface area contributed by atoms with E-state index in [1.807, 2.05) is 39.9 Å². The molecular formula is C20H21N3O2S2. The van der Waals surface area contributed by atoms with Crippen LogP contribution >= 0.6 is 22.7 Å². The standard InChI is InChI=1S/C20H21N3O2S2/c1-25-17-5-2-4-16(13-17)22-7-9-23(10-8-22)19(24)12-15-14-27-20(21-15)18-6-3-11-26-18/h2-6,11,13-14H,7-10,12H2,1H3. The SMILES string of the molecule is COc1cccc(N2CCN(C(=O)Cc3csc(-c4cccs4)n3)CC2)c1. The molecule has 1 amide bonds. The average molecular weight is 400 g/mol. The normalized spacial score (nSPS) is 14.4. The highest BCUT2D eigenvalue weighted by Gasteiger charge is 2.22. The third-order valence-corrected chi connectivity index (χ3v) is 6.60. The lowest BCUT2D eigenvalue weighted by atomic mass is 10.2. The predicted octanol–water partition coefficient (Wildman–Crippen LogP) is 3.77. The number of carbonyl (C=O) groups excluding carboxylic acids is 1. The molecule has 1 fully saturated rings. The van der Waals surface area contributed by atoms with E-state index >= 15 is 0 Å². The van der Waals surface area contributed by atoms with Crippen molar-refractivity contribution in [2.24, 2.45) is 0 Å². The summed E-state index contributed by atoms with van der Waals surface area (Å²) in [5.41, 5.74) is 2.00. The van der Waals surface area contributed by atoms with Crippen molar-refractivity contribution in [1.82, 2.24) is 9.88 Å². The molecule has 0 saturated carbocycles. The molecule has 1 aromatic carbocycles. The Kier molecular flexibility index (Phi) is 5.40. The second kappa shape index (κ2) is 8.10. The van der Waals surface area contributed by atoms with E-state index in [1.54, 1.807) is 29.8 Å². The third-order valence-electron chi connectivity index (χ3n) is 4.67. The highest BCUT2D eigenvalue weighted by Crippen LogP contribution is 2.28. The molecule has 1 aliphatic rings. The van der Waals surface area contributed by atoms with Crippen molar-refractivity contribution < 1.29 is 9.53 Å². The molecule has 4 rings (SSSR count). The molecule has 1 aliphatic heterocycles. The molecule has 0 bridgehead atoms. The van der Waals surface area contributed by atoms with Crippen LogP contribution in [0.25, 0.3) is 9.88 Å². The van der Waals surface area contributed by atoms with Crippen molar-refractivity contribution in [3.63, 3.8) is 0 Å². The van der Waals surface area contributed by atoms with Gasteiger partial charge in [0.15, 0.2) is 0 Å². The topological polar surface area (TPSA) is 45.7 Å². The molecule has 1 saturated heterocycles. The van der Waals surface area contributed by atoms with Crippen molar-refractivity contribution in [3.05, 3.63) is 52.9 Å². The molecule has 3 heterocycles. The largest absolute Gasteiger partial charge is 0.497 e. The van der Waals surface area contributed by atoms with Crippen LogP contribution in [0.5, 0.6) is 5.75 Å². The Balaban J connectivity index is 1.33. The summed E-state index contributed by atoms with van der Waals surface area (Å²) >= 11 is 3.28. The number of piperazine rings is 1. The Labute approximate surface area is 166 Å². The van der Waals surface area contributed by atoms with Crippen LogP contribution in [0.1, 0.15) is 5.69 Å². The minimum absolute atomic E-state index is 0.156. The van der Waals surface area contributed by atoms with Crippen LogP contribution in [0.15, 0.2) is 47.2 Å². The van der Waals surface area contributed by atoms with E-state index in [-0.39, 0.29) is 5.91 Å². The van der Waals surface area contributed by atoms with Gasteiger partial charge >= 0.3 is 0 Å². The highest BCUT2D eigenvalue weighted by molar-refractivity contribution is 7.20. The number of nitrogens with zero attached hydrogens (tertiary/aromatic N) is 3. The fourth-order valence-corrected chi connectivity index (χ4v) is 4.82. The van der Waals surface area contributed by atoms with E-state index in [4.69, 9.17) is 4.74 Å². The number of methoxy groups -OCH3 is 1. The number of thiazole rings is 1. The van der Waals surface area contributed by atoms with Gasteiger partial charge in [-0.3, -0.25) is 4.79 Å². The van der Waals surface area contributed by atoms with Gasteiger partial charge in [0.25, 0.3) is 0 Å². The fraction of sp³-hybridized carbons (Fsp3) is 0.300. The molecule has 140 valence electrons. The van der Waals surface area contributed by atoms with Gasteiger partial charge in [-0.25, -0.2) is 4.98 Å². The van der Waals surface area contributed by atoms with Gasteiger partial charge in [-0.2, -0.15) is 0 Å². The number of amides is 1. The van der Waals surface area contributed by atoms with Crippen LogP contribution in [-0.4, -0.2) is 49.1 Å². The Morgan fingerprint density at radius 1 is 1.15 bits per heavy atom. The molecular weight excluding hydrogens is 378 g/mol. The van der Waals surface area contributed by atoms with Gasteiger partial charge in [0, 0.05) is 43.3 Å². The molecule has 0 atom stereocenters. The lowest BCUT2D eigenvalue weighted by molar-refractivity contribution is -0.130. The quantitative estimate of drug-likeness (QED) is 0.655. The third kappa shape index (κ3) is 4.14. The summed E-state index contributed by atoms with van der Waals surface area (Å²) in [5.74, 6) is 1.01. The van der Waals surface area contributed by atoms with Gasteiger partial charge < -0.3 is 14.5 Å². The first-order valence-corrected chi connectivity index (χ1v) is 10.6. The van der Waals surface area contributed by atoms with Crippen molar-refractivity contribution >= 4 is 34.3 Å². The average Bonchev–Trinajstić information content (AvgIpc) is 3.40. The summed E-state index contributed by atoms with van der Waals surface area (Å²) in [4.78, 5) is 22.7. The number of aromatic nitrogens is 1. The van der Waals surface area contributed by atoms with E-state index in [2.05, 4.69) is 22.0 Å². The molecule has 3 aromatic rings. The van der Waals surface area contributed by atoms with E-state index in [0.717, 1.165) is 53.2 Å². The van der Waals surface area contributed by atoms with E-state index in [9.17, 15) is 4.79 Å². The maximum absolute atomic E-state index is 12.7. The molecule has 7 heteroatoms. The van der Waals surface area contributed by atoms with Gasteiger partial charge in [-0.15, -0.1) is 22.7 Å². The van der Waals surface area contributed by atoms with Crippen molar-refractivity contribution in [3.8, 4) is 15.6 Å². The number of ether oxygens (including phenoxy) is 1. The summed E-state index contributed by atoms with van der Waals surface area (Å²) in [6, 6.07) is 12.2. The predicted molar refractivity (Wildman–Crippen MR) is 111 cm³/mol. The van der Waals surface area contributed by atoms with E-state index < -0.39 is 0 Å². The maximum atomic E-state index is 12.7. The zero-order valence-electron chi connectivity index (χ0n) is 15.1. The lowest BCUT2D eigenvalue weighted by Gasteiger charge is -2.36. The Hall–Kier alpha value is -2.38. The number of thiophene rings is 1. The smallest absolute Gasteiger partial charge is 0.228 e. The molecule has 0 N–H and O–H groups in total. The van der Waals surface area contributed by atoms with Gasteiger partial charge in [-0.1, -0.05) is 12.1 Å². The first-order valence-electron chi connectivity index (χ1n) is 8.88. The number of rotatable bonds is 5. The molecule has 0 aliphatic carbocycles. The Bertz CT molecular complexity index is 900. The number of benzene rings is 1. The van der Waals surface area contributed by atoms with Crippen molar-refractivity contribution in [1.29, 1.82) is 0 Å². The first-order chi connectivity index (χ1) is 13.2. The van der Waals surface area contributed by atoms with Crippen LogP contribution < -0.4 is 9.64 Å². The van der Waals surface area contributed by atoms with E-state index in [1.165, 1.54) is 0 Å². The van der Waals surface area contributed by atoms with Crippen molar-refractivity contribution in [2.75, 3.05) is 38.2 Å². The first kappa shape index (κ1) is 18.0. The lowest BCUT2D eigenvalue weighted by Crippen LogP contribution is -2.49. The fourth-order valence-electron chi connectivity index (χ4n) is 3.19. The van der Waals surface area contributed by atoms with Crippen LogP contribution in [0.3, 0.4) is 0 Å². The van der Waals surface area contributed by atoms with Crippen LogP contribution in [0.4, 0.5) is 5.69 Å². The second-order valence-corrected chi connectivity index (χ2v) is 8.17. The van der Waals surface area contributed by atoms with Crippen LogP contribution in [-0.2, 0) is 11.2 Å². The monoisotopic (exact) mass is 399 g/mol. The highest BCUT2D eigenvalue weighted by atomic mass is 32.1. The minimum Gasteiger partial charge on any atom is -0.497 e. The maximum Gasteiger partial charge on any atom is 0.228 e. The molecule has 0 spiro atoms. The second-order valence-electron chi connectivity index (χ2n) is 6.37. The number of anilines is 1. The van der Waals surface area contributed by atoms with Gasteiger partial charge in [0.05, 0.1) is 24.1 Å². The molecule has 27 heavy (non-hydrogen) atoms. The van der Waals surface area contributed by atoms with Crippen LogP contribution in [0.2, 0.25) is 0 Å². The zero-order valence-corrected chi connectivity index (χ0v) is 16.8. The summed E-state index contributed by atoms with van der Waals surface area (Å²) in [5, 5.41) is 5.04.